The molecule has 1 N–H and O–H groups in total. The summed E-state index contributed by atoms with van der Waals surface area (Å²) in [5.41, 5.74) is 0.367. The van der Waals surface area contributed by atoms with Crippen LogP contribution in [-0.4, -0.2) is 39.5 Å². The first-order chi connectivity index (χ1) is 10.2. The van der Waals surface area contributed by atoms with Gasteiger partial charge in [0.25, 0.3) is 5.91 Å². The Kier molecular flexibility index (Phi) is 3.90. The highest BCUT2D eigenvalue weighted by Gasteiger charge is 2.36. The standard InChI is InChI=1S/C16H20N2O3/c19-15(13-10-12(16(20)21)7-8-17-13)18-9-3-5-11-4-1-2-6-14(11)18/h7-8,10-11,14H,1-6,9H2,(H,20,21)/t11-,14-/m1/s1. The van der Waals surface area contributed by atoms with E-state index in [0.29, 0.717) is 12.0 Å². The number of hydrogen-bond acceptors (Lipinski definition) is 3. The molecule has 21 heavy (non-hydrogen) atoms. The normalized spacial score (nSPS) is 25.2. The molecule has 0 unspecified atom stereocenters. The molecule has 0 aromatic carbocycles. The van der Waals surface area contributed by atoms with Gasteiger partial charge in [0.15, 0.2) is 0 Å². The van der Waals surface area contributed by atoms with Crippen LogP contribution in [0.1, 0.15) is 59.4 Å². The second-order valence-corrected chi connectivity index (χ2v) is 5.99. The fraction of sp³-hybridized carbons (Fsp3) is 0.562. The summed E-state index contributed by atoms with van der Waals surface area (Å²) in [6, 6.07) is 3.12. The van der Waals surface area contributed by atoms with Crippen LogP contribution in [-0.2, 0) is 0 Å². The van der Waals surface area contributed by atoms with Gasteiger partial charge in [0.05, 0.1) is 5.56 Å². The van der Waals surface area contributed by atoms with Gasteiger partial charge in [-0.2, -0.15) is 0 Å². The van der Waals surface area contributed by atoms with Crippen molar-refractivity contribution >= 4 is 11.9 Å². The lowest BCUT2D eigenvalue weighted by atomic mass is 9.78. The van der Waals surface area contributed by atoms with Crippen molar-refractivity contribution in [2.45, 2.75) is 44.6 Å². The summed E-state index contributed by atoms with van der Waals surface area (Å²) in [6.07, 6.45) is 8.34. The minimum atomic E-state index is -1.03. The van der Waals surface area contributed by atoms with Crippen LogP contribution in [0.5, 0.6) is 0 Å². The molecule has 2 aliphatic rings. The number of carboxylic acids is 1. The van der Waals surface area contributed by atoms with Gasteiger partial charge < -0.3 is 10.0 Å². The highest BCUT2D eigenvalue weighted by molar-refractivity contribution is 5.96. The third kappa shape index (κ3) is 2.77. The maximum Gasteiger partial charge on any atom is 0.335 e. The largest absolute Gasteiger partial charge is 0.478 e. The monoisotopic (exact) mass is 288 g/mol. The number of carboxylic acid groups (broad SMARTS) is 1. The zero-order chi connectivity index (χ0) is 14.8. The number of rotatable bonds is 2. The maximum atomic E-state index is 12.7. The van der Waals surface area contributed by atoms with Gasteiger partial charge in [-0.05, 0) is 43.7 Å². The number of carbonyl (C=O) groups is 2. The summed E-state index contributed by atoms with van der Waals surface area (Å²) in [5.74, 6) is -0.533. The van der Waals surface area contributed by atoms with Crippen molar-refractivity contribution in [1.82, 2.24) is 9.88 Å². The lowest BCUT2D eigenvalue weighted by molar-refractivity contribution is 0.0385. The lowest BCUT2D eigenvalue weighted by Crippen LogP contribution is -2.49. The van der Waals surface area contributed by atoms with Gasteiger partial charge in [0.2, 0.25) is 0 Å². The average Bonchev–Trinajstić information content (AvgIpc) is 2.53. The number of hydrogen-bond donors (Lipinski definition) is 1. The topological polar surface area (TPSA) is 70.5 Å². The van der Waals surface area contributed by atoms with Crippen LogP contribution in [0, 0.1) is 5.92 Å². The summed E-state index contributed by atoms with van der Waals surface area (Å²) in [5, 5.41) is 9.04. The average molecular weight is 288 g/mol. The Morgan fingerprint density at radius 1 is 1.19 bits per heavy atom. The number of carbonyl (C=O) groups excluding carboxylic acids is 1. The summed E-state index contributed by atoms with van der Waals surface area (Å²) >= 11 is 0. The van der Waals surface area contributed by atoms with E-state index in [0.717, 1.165) is 19.4 Å². The summed E-state index contributed by atoms with van der Waals surface area (Å²) in [7, 11) is 0. The van der Waals surface area contributed by atoms with E-state index in [1.165, 1.54) is 44.0 Å². The number of piperidine rings is 1. The van der Waals surface area contributed by atoms with Gasteiger partial charge in [-0.25, -0.2) is 4.79 Å². The fourth-order valence-corrected chi connectivity index (χ4v) is 3.70. The molecule has 1 saturated carbocycles. The number of nitrogens with zero attached hydrogens (tertiary/aromatic N) is 2. The first-order valence-corrected chi connectivity index (χ1v) is 7.67. The zero-order valence-electron chi connectivity index (χ0n) is 12.0. The number of likely N-dealkylation sites (tertiary alicyclic amines) is 1. The minimum Gasteiger partial charge on any atom is -0.478 e. The van der Waals surface area contributed by atoms with Crippen molar-refractivity contribution in [1.29, 1.82) is 0 Å². The van der Waals surface area contributed by atoms with Crippen molar-refractivity contribution in [3.05, 3.63) is 29.6 Å². The molecule has 2 atom stereocenters. The fourth-order valence-electron chi connectivity index (χ4n) is 3.70. The molecule has 1 aliphatic heterocycles. The van der Waals surface area contributed by atoms with Crippen molar-refractivity contribution in [2.24, 2.45) is 5.92 Å². The van der Waals surface area contributed by atoms with Gasteiger partial charge in [-0.15, -0.1) is 0 Å². The molecule has 1 amide bonds. The highest BCUT2D eigenvalue weighted by atomic mass is 16.4. The van der Waals surface area contributed by atoms with Crippen LogP contribution in [0.2, 0.25) is 0 Å². The van der Waals surface area contributed by atoms with Crippen molar-refractivity contribution in [3.8, 4) is 0 Å². The van der Waals surface area contributed by atoms with Crippen LogP contribution in [0.25, 0.3) is 0 Å². The van der Waals surface area contributed by atoms with Crippen LogP contribution in [0.3, 0.4) is 0 Å². The molecule has 1 aromatic rings. The Labute approximate surface area is 124 Å². The molecule has 2 fully saturated rings. The summed E-state index contributed by atoms with van der Waals surface area (Å²) in [4.78, 5) is 29.7. The molecule has 0 radical (unpaired) electrons. The highest BCUT2D eigenvalue weighted by Crippen LogP contribution is 2.35. The maximum absolute atomic E-state index is 12.7. The minimum absolute atomic E-state index is 0.116. The summed E-state index contributed by atoms with van der Waals surface area (Å²) < 4.78 is 0. The van der Waals surface area contributed by atoms with E-state index < -0.39 is 5.97 Å². The SMILES string of the molecule is O=C(O)c1ccnc(C(=O)N2CCC[C@H]3CCCC[C@H]32)c1. The second-order valence-electron chi connectivity index (χ2n) is 5.99. The molecular formula is C16H20N2O3. The van der Waals surface area contributed by atoms with E-state index in [1.54, 1.807) is 0 Å². The molecule has 0 spiro atoms. The first-order valence-electron chi connectivity index (χ1n) is 7.67. The van der Waals surface area contributed by atoms with Crippen molar-refractivity contribution in [2.75, 3.05) is 6.54 Å². The predicted molar refractivity (Wildman–Crippen MR) is 77.2 cm³/mol. The third-order valence-electron chi connectivity index (χ3n) is 4.73. The zero-order valence-corrected chi connectivity index (χ0v) is 12.0. The Hall–Kier alpha value is -1.91. The van der Waals surface area contributed by atoms with Gasteiger partial charge in [0, 0.05) is 18.8 Å². The molecule has 1 aromatic heterocycles. The third-order valence-corrected chi connectivity index (χ3v) is 4.73. The molecule has 1 aliphatic carbocycles. The number of aromatic nitrogens is 1. The van der Waals surface area contributed by atoms with Gasteiger partial charge >= 0.3 is 5.97 Å². The van der Waals surface area contributed by atoms with Crippen molar-refractivity contribution in [3.63, 3.8) is 0 Å². The number of fused-ring (bicyclic) bond motifs is 1. The molecule has 2 heterocycles. The van der Waals surface area contributed by atoms with Crippen LogP contribution >= 0.6 is 0 Å². The summed E-state index contributed by atoms with van der Waals surface area (Å²) in [6.45, 7) is 0.763. The van der Waals surface area contributed by atoms with E-state index in [1.807, 2.05) is 4.90 Å². The van der Waals surface area contributed by atoms with E-state index in [4.69, 9.17) is 5.11 Å². The second kappa shape index (κ2) is 5.84. The Bertz CT molecular complexity index is 556. The first kappa shape index (κ1) is 14.0. The molecule has 5 nitrogen and oxygen atoms in total. The quantitative estimate of drug-likeness (QED) is 0.908. The number of amides is 1. The van der Waals surface area contributed by atoms with E-state index in [-0.39, 0.29) is 17.2 Å². The van der Waals surface area contributed by atoms with Gasteiger partial charge in [-0.3, -0.25) is 9.78 Å². The molecule has 5 heteroatoms. The Balaban J connectivity index is 1.83. The molecule has 112 valence electrons. The van der Waals surface area contributed by atoms with E-state index in [9.17, 15) is 9.59 Å². The molecule has 1 saturated heterocycles. The molecule has 3 rings (SSSR count). The molecular weight excluding hydrogens is 268 g/mol. The predicted octanol–water partition coefficient (Wildman–Crippen LogP) is 2.57. The lowest BCUT2D eigenvalue weighted by Gasteiger charge is -2.44. The van der Waals surface area contributed by atoms with E-state index in [2.05, 4.69) is 4.98 Å². The Morgan fingerprint density at radius 2 is 1.95 bits per heavy atom. The van der Waals surface area contributed by atoms with Crippen LogP contribution in [0.4, 0.5) is 0 Å². The van der Waals surface area contributed by atoms with Gasteiger partial charge in [0.1, 0.15) is 5.69 Å². The van der Waals surface area contributed by atoms with Gasteiger partial charge in [-0.1, -0.05) is 12.8 Å². The van der Waals surface area contributed by atoms with Crippen LogP contribution < -0.4 is 0 Å². The smallest absolute Gasteiger partial charge is 0.335 e. The van der Waals surface area contributed by atoms with Crippen molar-refractivity contribution < 1.29 is 14.7 Å². The number of aromatic carboxylic acids is 1. The van der Waals surface area contributed by atoms with E-state index >= 15 is 0 Å². The Morgan fingerprint density at radius 3 is 2.76 bits per heavy atom. The van der Waals surface area contributed by atoms with Crippen LogP contribution in [0.15, 0.2) is 18.3 Å². The number of pyridine rings is 1. The molecule has 0 bridgehead atoms.